The van der Waals surface area contributed by atoms with Crippen molar-refractivity contribution in [2.24, 2.45) is 0 Å². The maximum absolute atomic E-state index is 13.7. The Kier molecular flexibility index (Phi) is 7.08. The predicted octanol–water partition coefficient (Wildman–Crippen LogP) is 5.97. The second-order valence-electron chi connectivity index (χ2n) is 8.83. The number of hydrogen-bond acceptors (Lipinski definition) is 3. The van der Waals surface area contributed by atoms with Gasteiger partial charge in [-0.2, -0.15) is 0 Å². The maximum atomic E-state index is 13.7. The van der Waals surface area contributed by atoms with Gasteiger partial charge >= 0.3 is 0 Å². The Morgan fingerprint density at radius 1 is 0.889 bits per heavy atom. The van der Waals surface area contributed by atoms with E-state index in [1.807, 2.05) is 95.7 Å². The molecule has 0 saturated heterocycles. The van der Waals surface area contributed by atoms with E-state index in [0.717, 1.165) is 28.2 Å². The van der Waals surface area contributed by atoms with Crippen molar-refractivity contribution in [2.75, 3.05) is 7.11 Å². The first-order valence-corrected chi connectivity index (χ1v) is 12.2. The van der Waals surface area contributed by atoms with Crippen LogP contribution in [0, 0.1) is 0 Å². The zero-order valence-electron chi connectivity index (χ0n) is 20.2. The van der Waals surface area contributed by atoms with Gasteiger partial charge in [-0.25, -0.2) is 4.98 Å². The molecule has 5 heteroatoms. The number of aromatic nitrogens is 2. The molecular weight excluding hydrogens is 446 g/mol. The van der Waals surface area contributed by atoms with Crippen LogP contribution in [0.5, 0.6) is 5.75 Å². The van der Waals surface area contributed by atoms with Crippen molar-refractivity contribution >= 4 is 11.6 Å². The Hall–Kier alpha value is -4.38. The number of fused-ring (bicyclic) bond motifs is 1. The maximum Gasteiger partial charge on any atom is 0.221 e. The molecule has 36 heavy (non-hydrogen) atoms. The van der Waals surface area contributed by atoms with Gasteiger partial charge in [0.2, 0.25) is 5.91 Å². The summed E-state index contributed by atoms with van der Waals surface area (Å²) in [6.07, 6.45) is 4.82. The summed E-state index contributed by atoms with van der Waals surface area (Å²) in [5.74, 6) is 0.498. The van der Waals surface area contributed by atoms with Crippen LogP contribution < -0.4 is 10.1 Å². The fraction of sp³-hybridized carbons (Fsp3) is 0.161. The summed E-state index contributed by atoms with van der Waals surface area (Å²) in [6, 6.07) is 34.1. The highest BCUT2D eigenvalue weighted by Gasteiger charge is 2.26. The first-order chi connectivity index (χ1) is 17.7. The topological polar surface area (TPSA) is 55.6 Å². The molecule has 5 rings (SSSR count). The van der Waals surface area contributed by atoms with Crippen LogP contribution in [0.25, 0.3) is 5.65 Å². The number of benzene rings is 3. The number of amides is 1. The van der Waals surface area contributed by atoms with Crippen molar-refractivity contribution in [3.8, 4) is 5.75 Å². The second kappa shape index (κ2) is 10.9. The lowest BCUT2D eigenvalue weighted by atomic mass is 9.91. The largest absolute Gasteiger partial charge is 0.496 e. The second-order valence-corrected chi connectivity index (χ2v) is 8.83. The standard InChI is InChI=1S/C31H29N3O2/c1-36-29-17-9-8-16-25(29)26(28-22-32-30-18-10-11-19-34(28)30)21-31(35)33-27(24-14-6-3-7-15-24)20-23-12-4-2-5-13-23/h2-19,22,26-27H,20-21H2,1H3,(H,33,35). The first kappa shape index (κ1) is 23.4. The van der Waals surface area contributed by atoms with Gasteiger partial charge in [0, 0.05) is 30.3 Å². The van der Waals surface area contributed by atoms with Crippen LogP contribution in [0.3, 0.4) is 0 Å². The van der Waals surface area contributed by atoms with E-state index in [9.17, 15) is 4.79 Å². The van der Waals surface area contributed by atoms with Gasteiger partial charge in [-0.3, -0.25) is 4.79 Å². The summed E-state index contributed by atoms with van der Waals surface area (Å²) < 4.78 is 7.73. The molecule has 1 N–H and O–H groups in total. The van der Waals surface area contributed by atoms with E-state index in [-0.39, 0.29) is 24.3 Å². The molecule has 2 heterocycles. The lowest BCUT2D eigenvalue weighted by Gasteiger charge is -2.23. The molecule has 2 atom stereocenters. The molecule has 2 unspecified atom stereocenters. The quantitative estimate of drug-likeness (QED) is 0.286. The Morgan fingerprint density at radius 2 is 1.58 bits per heavy atom. The molecule has 0 fully saturated rings. The molecule has 1 amide bonds. The number of carbonyl (C=O) groups is 1. The van der Waals surface area contributed by atoms with Gasteiger partial charge in [0.15, 0.2) is 0 Å². The highest BCUT2D eigenvalue weighted by Crippen LogP contribution is 2.35. The number of ether oxygens (including phenoxy) is 1. The van der Waals surface area contributed by atoms with Crippen molar-refractivity contribution in [2.45, 2.75) is 24.8 Å². The number of nitrogens with one attached hydrogen (secondary N) is 1. The first-order valence-electron chi connectivity index (χ1n) is 12.2. The lowest BCUT2D eigenvalue weighted by molar-refractivity contribution is -0.122. The summed E-state index contributed by atoms with van der Waals surface area (Å²) >= 11 is 0. The molecule has 0 spiro atoms. The van der Waals surface area contributed by atoms with Crippen LogP contribution >= 0.6 is 0 Å². The third-order valence-electron chi connectivity index (χ3n) is 6.53. The smallest absolute Gasteiger partial charge is 0.221 e. The van der Waals surface area contributed by atoms with Gasteiger partial charge < -0.3 is 14.5 Å². The molecule has 0 saturated carbocycles. The lowest BCUT2D eigenvalue weighted by Crippen LogP contribution is -2.31. The van der Waals surface area contributed by atoms with Crippen LogP contribution in [-0.2, 0) is 11.2 Å². The van der Waals surface area contributed by atoms with E-state index >= 15 is 0 Å². The number of methoxy groups -OCH3 is 1. The number of nitrogens with zero attached hydrogens (tertiary/aromatic N) is 2. The van der Waals surface area contributed by atoms with E-state index < -0.39 is 0 Å². The van der Waals surface area contributed by atoms with E-state index in [0.29, 0.717) is 6.42 Å². The molecule has 0 bridgehead atoms. The Balaban J connectivity index is 1.47. The summed E-state index contributed by atoms with van der Waals surface area (Å²) in [5.41, 5.74) is 5.01. The third-order valence-corrected chi connectivity index (χ3v) is 6.53. The predicted molar refractivity (Wildman–Crippen MR) is 142 cm³/mol. The van der Waals surface area contributed by atoms with Gasteiger partial charge in [-0.15, -0.1) is 0 Å². The fourth-order valence-corrected chi connectivity index (χ4v) is 4.76. The Bertz CT molecular complexity index is 1430. The van der Waals surface area contributed by atoms with Crippen LogP contribution in [-0.4, -0.2) is 22.4 Å². The normalized spacial score (nSPS) is 12.7. The van der Waals surface area contributed by atoms with E-state index in [4.69, 9.17) is 4.74 Å². The Labute approximate surface area is 211 Å². The summed E-state index contributed by atoms with van der Waals surface area (Å²) in [5, 5.41) is 3.32. The Morgan fingerprint density at radius 3 is 2.36 bits per heavy atom. The molecule has 5 nitrogen and oxygen atoms in total. The zero-order valence-corrected chi connectivity index (χ0v) is 20.2. The van der Waals surface area contributed by atoms with Gasteiger partial charge in [0.25, 0.3) is 0 Å². The monoisotopic (exact) mass is 475 g/mol. The third kappa shape index (κ3) is 5.15. The molecule has 5 aromatic rings. The van der Waals surface area contributed by atoms with Crippen molar-refractivity contribution in [1.29, 1.82) is 0 Å². The average Bonchev–Trinajstić information content (AvgIpc) is 3.36. The number of imidazole rings is 1. The van der Waals surface area contributed by atoms with E-state index in [1.165, 1.54) is 5.56 Å². The molecule has 3 aromatic carbocycles. The molecule has 0 radical (unpaired) electrons. The van der Waals surface area contributed by atoms with Gasteiger partial charge in [-0.05, 0) is 35.7 Å². The average molecular weight is 476 g/mol. The highest BCUT2D eigenvalue weighted by atomic mass is 16.5. The molecule has 0 aliphatic carbocycles. The van der Waals surface area contributed by atoms with E-state index in [2.05, 4.69) is 34.6 Å². The molecule has 0 aliphatic heterocycles. The molecular formula is C31H29N3O2. The van der Waals surface area contributed by atoms with Crippen LogP contribution in [0.1, 0.15) is 40.8 Å². The fourth-order valence-electron chi connectivity index (χ4n) is 4.76. The van der Waals surface area contributed by atoms with Crippen LogP contribution in [0.2, 0.25) is 0 Å². The van der Waals surface area contributed by atoms with Crippen LogP contribution in [0.15, 0.2) is 116 Å². The minimum Gasteiger partial charge on any atom is -0.496 e. The molecule has 2 aromatic heterocycles. The van der Waals surface area contributed by atoms with Gasteiger partial charge in [-0.1, -0.05) is 84.9 Å². The molecule has 180 valence electrons. The van der Waals surface area contributed by atoms with Crippen LogP contribution in [0.4, 0.5) is 0 Å². The minimum atomic E-state index is -0.230. The van der Waals surface area contributed by atoms with Crippen molar-refractivity contribution < 1.29 is 9.53 Å². The van der Waals surface area contributed by atoms with E-state index in [1.54, 1.807) is 7.11 Å². The van der Waals surface area contributed by atoms with Gasteiger partial charge in [0.05, 0.1) is 18.8 Å². The SMILES string of the molecule is COc1ccccc1C(CC(=O)NC(Cc1ccccc1)c1ccccc1)c1cnc2ccccn12. The number of para-hydroxylation sites is 1. The van der Waals surface area contributed by atoms with Crippen molar-refractivity contribution in [3.05, 3.63) is 138 Å². The number of pyridine rings is 1. The van der Waals surface area contributed by atoms with Crippen molar-refractivity contribution in [1.82, 2.24) is 14.7 Å². The summed E-state index contributed by atoms with van der Waals surface area (Å²) in [7, 11) is 1.66. The zero-order chi connectivity index (χ0) is 24.7. The summed E-state index contributed by atoms with van der Waals surface area (Å²) in [6.45, 7) is 0. The number of carbonyl (C=O) groups excluding carboxylic acids is 1. The minimum absolute atomic E-state index is 0.0263. The number of rotatable bonds is 9. The summed E-state index contributed by atoms with van der Waals surface area (Å²) in [4.78, 5) is 18.2. The number of hydrogen-bond donors (Lipinski definition) is 1. The highest BCUT2D eigenvalue weighted by molar-refractivity contribution is 5.78. The molecule has 0 aliphatic rings. The van der Waals surface area contributed by atoms with Crippen molar-refractivity contribution in [3.63, 3.8) is 0 Å². The van der Waals surface area contributed by atoms with Gasteiger partial charge in [0.1, 0.15) is 11.4 Å².